The van der Waals surface area contributed by atoms with Crippen molar-refractivity contribution >= 4 is 24.1 Å². The van der Waals surface area contributed by atoms with Crippen molar-refractivity contribution in [3.8, 4) is 0 Å². The molecule has 0 aromatic heterocycles. The predicted molar refractivity (Wildman–Crippen MR) is 175 cm³/mol. The summed E-state index contributed by atoms with van der Waals surface area (Å²) in [7, 11) is -5.95. The summed E-state index contributed by atoms with van der Waals surface area (Å²) < 4.78 is 35.2. The van der Waals surface area contributed by atoms with E-state index in [4.69, 9.17) is 9.53 Å². The molecule has 0 saturated heterocycles. The van der Waals surface area contributed by atoms with Crippen molar-refractivity contribution < 1.29 is 12.8 Å². The Bertz CT molecular complexity index is 1090. The Morgan fingerprint density at radius 2 is 1.38 bits per heavy atom. The first-order valence-corrected chi connectivity index (χ1v) is 19.4. The molecule has 0 radical (unpaired) electrons. The van der Waals surface area contributed by atoms with Crippen LogP contribution in [-0.4, -0.2) is 29.1 Å². The number of sulfonamides is 1. The molecular weight excluding hydrogens is 533 g/mol. The zero-order chi connectivity index (χ0) is 30.8. The molecule has 1 aromatic carbocycles. The highest BCUT2D eigenvalue weighted by Gasteiger charge is 2.48. The van der Waals surface area contributed by atoms with Crippen LogP contribution in [0.3, 0.4) is 0 Å². The lowest BCUT2D eigenvalue weighted by atomic mass is 9.67. The molecule has 1 saturated carbocycles. The highest BCUT2D eigenvalue weighted by Crippen LogP contribution is 2.46. The van der Waals surface area contributed by atoms with Gasteiger partial charge in [0.15, 0.2) is 8.32 Å². The van der Waals surface area contributed by atoms with Crippen molar-refractivity contribution in [2.24, 2.45) is 16.4 Å². The molecule has 1 N–H and O–H groups in total. The van der Waals surface area contributed by atoms with Crippen molar-refractivity contribution in [3.05, 3.63) is 28.8 Å². The van der Waals surface area contributed by atoms with E-state index in [1.807, 2.05) is 0 Å². The topological polar surface area (TPSA) is 67.8 Å². The maximum atomic E-state index is 14.0. The third-order valence-corrected chi connectivity index (χ3v) is 17.2. The largest absolute Gasteiger partial charge is 0.415 e. The number of nitrogens with one attached hydrogen (secondary N) is 1. The summed E-state index contributed by atoms with van der Waals surface area (Å²) >= 11 is 0. The summed E-state index contributed by atoms with van der Waals surface area (Å²) in [6.45, 7) is 31.6. The van der Waals surface area contributed by atoms with Gasteiger partial charge in [0.1, 0.15) is 0 Å². The first-order chi connectivity index (χ1) is 18.3. The number of hydrazone groups is 1. The molecule has 0 amide bonds. The molecule has 0 bridgehead atoms. The minimum atomic E-state index is -3.87. The van der Waals surface area contributed by atoms with Crippen LogP contribution in [0, 0.1) is 11.3 Å². The van der Waals surface area contributed by atoms with E-state index < -0.39 is 18.3 Å². The Hall–Kier alpha value is -1.18. The fourth-order valence-electron chi connectivity index (χ4n) is 7.01. The number of hydrogen-bond acceptors (Lipinski definition) is 4. The normalized spacial score (nSPS) is 22.1. The molecule has 0 aliphatic heterocycles. The van der Waals surface area contributed by atoms with E-state index in [0.29, 0.717) is 40.0 Å². The Kier molecular flexibility index (Phi) is 11.7. The molecule has 1 aliphatic carbocycles. The smallest absolute Gasteiger partial charge is 0.277 e. The molecule has 40 heavy (non-hydrogen) atoms. The summed E-state index contributed by atoms with van der Waals surface area (Å²) in [4.78, 5) is 3.14. The standard InChI is InChI=1S/C33H60N2O3SSi/c1-21(2)28-18-29(22(3)4)32(30(19-28)23(5)6)39(36,37)35-34-31-17-15-16-27(13)33(31,14)20-38-40(24(7)8,25(9)10)26(11)12/h18-19,21-27,35H,15-17,20H2,1-14H3/b34-31+/t27-,33+/m0/s1. The number of benzene rings is 1. The van der Waals surface area contributed by atoms with E-state index in [1.54, 1.807) is 0 Å². The molecule has 1 aromatic rings. The van der Waals surface area contributed by atoms with Gasteiger partial charge in [-0.25, -0.2) is 4.83 Å². The van der Waals surface area contributed by atoms with E-state index in [1.165, 1.54) is 5.56 Å². The molecule has 1 fully saturated rings. The lowest BCUT2D eigenvalue weighted by Crippen LogP contribution is -2.52. The lowest BCUT2D eigenvalue weighted by Gasteiger charge is -2.47. The van der Waals surface area contributed by atoms with E-state index in [-0.39, 0.29) is 17.3 Å². The van der Waals surface area contributed by atoms with Crippen LogP contribution in [-0.2, 0) is 14.4 Å². The van der Waals surface area contributed by atoms with Gasteiger partial charge in [0, 0.05) is 17.7 Å². The van der Waals surface area contributed by atoms with Gasteiger partial charge >= 0.3 is 0 Å². The maximum absolute atomic E-state index is 14.0. The summed E-state index contributed by atoms with van der Waals surface area (Å²) in [6.07, 6.45) is 2.89. The van der Waals surface area contributed by atoms with Gasteiger partial charge in [-0.2, -0.15) is 13.5 Å². The Balaban J connectivity index is 2.57. The van der Waals surface area contributed by atoms with Gasteiger partial charge in [-0.1, -0.05) is 109 Å². The third-order valence-electron chi connectivity index (χ3n) is 9.78. The summed E-state index contributed by atoms with van der Waals surface area (Å²) in [5, 5.41) is 4.74. The van der Waals surface area contributed by atoms with Crippen LogP contribution in [0.1, 0.15) is 151 Å². The van der Waals surface area contributed by atoms with Crippen LogP contribution in [0.25, 0.3) is 0 Å². The van der Waals surface area contributed by atoms with Gasteiger partial charge in [-0.05, 0) is 76.2 Å². The van der Waals surface area contributed by atoms with Gasteiger partial charge in [-0.3, -0.25) is 0 Å². The summed E-state index contributed by atoms with van der Waals surface area (Å²) in [5.74, 6) is 0.822. The summed E-state index contributed by atoms with van der Waals surface area (Å²) in [6, 6.07) is 4.16. The van der Waals surface area contributed by atoms with E-state index >= 15 is 0 Å². The molecule has 1 aliphatic rings. The van der Waals surface area contributed by atoms with E-state index in [2.05, 4.69) is 114 Å². The predicted octanol–water partition coefficient (Wildman–Crippen LogP) is 9.71. The van der Waals surface area contributed by atoms with Crippen LogP contribution >= 0.6 is 0 Å². The zero-order valence-corrected chi connectivity index (χ0v) is 29.9. The fraction of sp³-hybridized carbons (Fsp3) is 0.788. The first kappa shape index (κ1) is 35.0. The quantitative estimate of drug-likeness (QED) is 0.194. The van der Waals surface area contributed by atoms with Crippen LogP contribution in [0.4, 0.5) is 0 Å². The van der Waals surface area contributed by atoms with Crippen molar-refractivity contribution in [3.63, 3.8) is 0 Å². The monoisotopic (exact) mass is 592 g/mol. The second-order valence-corrected chi connectivity index (χ2v) is 21.5. The number of hydrogen-bond donors (Lipinski definition) is 1. The number of nitrogens with zero attached hydrogens (tertiary/aromatic N) is 1. The molecule has 2 atom stereocenters. The van der Waals surface area contributed by atoms with Crippen molar-refractivity contribution in [1.82, 2.24) is 4.83 Å². The SMILES string of the molecule is CC(C)c1cc(C(C)C)c(S(=O)(=O)N/N=C2\CCC[C@H](C)[C@@]2(C)CO[Si](C(C)C)(C(C)C)C(C)C)c(C(C)C)c1. The maximum Gasteiger partial charge on any atom is 0.277 e. The molecule has 0 spiro atoms. The van der Waals surface area contributed by atoms with E-state index in [9.17, 15) is 8.42 Å². The highest BCUT2D eigenvalue weighted by molar-refractivity contribution is 7.89. The van der Waals surface area contributed by atoms with Gasteiger partial charge in [0.05, 0.1) is 4.90 Å². The summed E-state index contributed by atoms with van der Waals surface area (Å²) in [5.41, 5.74) is 4.99. The zero-order valence-electron chi connectivity index (χ0n) is 28.1. The first-order valence-electron chi connectivity index (χ1n) is 15.7. The van der Waals surface area contributed by atoms with Crippen LogP contribution in [0.2, 0.25) is 16.6 Å². The molecule has 230 valence electrons. The van der Waals surface area contributed by atoms with Gasteiger partial charge < -0.3 is 4.43 Å². The Labute approximate surface area is 248 Å². The molecule has 0 heterocycles. The second kappa shape index (κ2) is 13.4. The van der Waals surface area contributed by atoms with Crippen molar-refractivity contribution in [2.45, 2.75) is 155 Å². The average molecular weight is 593 g/mol. The fourth-order valence-corrected chi connectivity index (χ4v) is 14.1. The minimum absolute atomic E-state index is 0.0741. The molecule has 0 unspecified atom stereocenters. The Morgan fingerprint density at radius 3 is 1.77 bits per heavy atom. The minimum Gasteiger partial charge on any atom is -0.415 e. The van der Waals surface area contributed by atoms with E-state index in [0.717, 1.165) is 36.1 Å². The lowest BCUT2D eigenvalue weighted by molar-refractivity contribution is 0.132. The molecule has 2 rings (SSSR count). The van der Waals surface area contributed by atoms with Gasteiger partial charge in [-0.15, -0.1) is 0 Å². The van der Waals surface area contributed by atoms with Crippen LogP contribution in [0.5, 0.6) is 0 Å². The van der Waals surface area contributed by atoms with Crippen molar-refractivity contribution in [1.29, 1.82) is 0 Å². The molecular formula is C33H60N2O3SSi. The highest BCUT2D eigenvalue weighted by atomic mass is 32.2. The van der Waals surface area contributed by atoms with Gasteiger partial charge in [0.25, 0.3) is 10.0 Å². The van der Waals surface area contributed by atoms with Crippen LogP contribution < -0.4 is 4.83 Å². The molecule has 7 heteroatoms. The van der Waals surface area contributed by atoms with Crippen molar-refractivity contribution in [2.75, 3.05) is 6.61 Å². The number of rotatable bonds is 12. The second-order valence-electron chi connectivity index (χ2n) is 14.5. The van der Waals surface area contributed by atoms with Gasteiger partial charge in [0.2, 0.25) is 0 Å². The Morgan fingerprint density at radius 1 is 0.900 bits per heavy atom. The molecule has 5 nitrogen and oxygen atoms in total. The average Bonchev–Trinajstić information content (AvgIpc) is 2.83. The van der Waals surface area contributed by atoms with Crippen LogP contribution in [0.15, 0.2) is 22.1 Å². The third kappa shape index (κ3) is 7.06.